The fraction of sp³-hybridized carbons (Fsp3) is 0.130. The van der Waals surface area contributed by atoms with E-state index in [1.54, 1.807) is 36.4 Å². The molecule has 0 radical (unpaired) electrons. The van der Waals surface area contributed by atoms with E-state index in [-0.39, 0.29) is 29.5 Å². The molecule has 0 atom stereocenters. The molecule has 4 aromatic rings. The van der Waals surface area contributed by atoms with Crippen LogP contribution in [0.15, 0.2) is 74.5 Å². The molecule has 2 aromatic carbocycles. The number of furan rings is 1. The van der Waals surface area contributed by atoms with Gasteiger partial charge in [-0.05, 0) is 61.4 Å². The monoisotopic (exact) mass is 389 g/mol. The number of amides is 1. The Hall–Kier alpha value is -3.80. The molecule has 0 saturated heterocycles. The molecule has 0 unspecified atom stereocenters. The van der Waals surface area contributed by atoms with Crippen molar-refractivity contribution in [1.82, 2.24) is 0 Å². The van der Waals surface area contributed by atoms with Crippen LogP contribution in [0.25, 0.3) is 22.5 Å². The van der Waals surface area contributed by atoms with Gasteiger partial charge in [0, 0.05) is 5.69 Å². The standard InChI is InChI=1S/C23H19NO5/c1-14-10-15(2)12-16(11-14)24-20(25)13-28-23-21(26)17-6-3-4-7-18(17)29-22(23)19-8-5-9-27-19/h3-12H,13H2,1-2H3,(H,24,25). The number of fused-ring (bicyclic) bond motifs is 1. The van der Waals surface area contributed by atoms with Crippen LogP contribution in [0.3, 0.4) is 0 Å². The van der Waals surface area contributed by atoms with Crippen LogP contribution in [-0.2, 0) is 4.79 Å². The van der Waals surface area contributed by atoms with Crippen molar-refractivity contribution in [2.24, 2.45) is 0 Å². The Kier molecular flexibility index (Phi) is 4.91. The predicted octanol–water partition coefficient (Wildman–Crippen LogP) is 4.69. The highest BCUT2D eigenvalue weighted by atomic mass is 16.5. The van der Waals surface area contributed by atoms with E-state index >= 15 is 0 Å². The maximum Gasteiger partial charge on any atom is 0.262 e. The Morgan fingerprint density at radius 1 is 1.03 bits per heavy atom. The Balaban J connectivity index is 1.63. The first-order chi connectivity index (χ1) is 14.0. The van der Waals surface area contributed by atoms with Gasteiger partial charge in [0.1, 0.15) is 5.58 Å². The maximum absolute atomic E-state index is 12.9. The van der Waals surface area contributed by atoms with Gasteiger partial charge in [0.05, 0.1) is 11.6 Å². The largest absolute Gasteiger partial charge is 0.476 e. The van der Waals surface area contributed by atoms with Crippen molar-refractivity contribution in [1.29, 1.82) is 0 Å². The lowest BCUT2D eigenvalue weighted by molar-refractivity contribution is -0.118. The first kappa shape index (κ1) is 18.6. The molecule has 1 amide bonds. The zero-order chi connectivity index (χ0) is 20.4. The van der Waals surface area contributed by atoms with E-state index in [2.05, 4.69) is 5.32 Å². The van der Waals surface area contributed by atoms with E-state index in [1.807, 2.05) is 32.0 Å². The second kappa shape index (κ2) is 7.67. The molecule has 2 aromatic heterocycles. The molecule has 0 spiro atoms. The summed E-state index contributed by atoms with van der Waals surface area (Å²) in [6, 6.07) is 15.9. The summed E-state index contributed by atoms with van der Waals surface area (Å²) >= 11 is 0. The molecule has 146 valence electrons. The lowest BCUT2D eigenvalue weighted by Crippen LogP contribution is -2.22. The minimum Gasteiger partial charge on any atom is -0.476 e. The topological polar surface area (TPSA) is 81.7 Å². The third kappa shape index (κ3) is 3.91. The van der Waals surface area contributed by atoms with Gasteiger partial charge in [-0.2, -0.15) is 0 Å². The lowest BCUT2D eigenvalue weighted by Gasteiger charge is -2.11. The Morgan fingerprint density at radius 2 is 1.79 bits per heavy atom. The first-order valence-corrected chi connectivity index (χ1v) is 9.12. The fourth-order valence-corrected chi connectivity index (χ4v) is 3.21. The van der Waals surface area contributed by atoms with Gasteiger partial charge in [-0.15, -0.1) is 0 Å². The average Bonchev–Trinajstić information content (AvgIpc) is 3.21. The number of carbonyl (C=O) groups excluding carboxylic acids is 1. The second-order valence-electron chi connectivity index (χ2n) is 6.78. The molecule has 0 saturated carbocycles. The van der Waals surface area contributed by atoms with E-state index in [0.29, 0.717) is 22.4 Å². The van der Waals surface area contributed by atoms with Crippen LogP contribution < -0.4 is 15.5 Å². The minimum absolute atomic E-state index is 0.0609. The predicted molar refractivity (Wildman–Crippen MR) is 110 cm³/mol. The van der Waals surface area contributed by atoms with Crippen molar-refractivity contribution >= 4 is 22.6 Å². The lowest BCUT2D eigenvalue weighted by atomic mass is 10.1. The number of anilines is 1. The normalized spacial score (nSPS) is 10.8. The van der Waals surface area contributed by atoms with Gasteiger partial charge in [0.15, 0.2) is 12.4 Å². The molecule has 6 heteroatoms. The molecule has 0 aliphatic carbocycles. The summed E-state index contributed by atoms with van der Waals surface area (Å²) in [5.41, 5.74) is 2.80. The van der Waals surface area contributed by atoms with Crippen LogP contribution in [0.4, 0.5) is 5.69 Å². The van der Waals surface area contributed by atoms with Gasteiger partial charge in [-0.25, -0.2) is 0 Å². The Labute approximate surface area is 166 Å². The summed E-state index contributed by atoms with van der Waals surface area (Å²) < 4.78 is 16.8. The van der Waals surface area contributed by atoms with Crippen molar-refractivity contribution in [3.05, 3.63) is 82.2 Å². The third-order valence-corrected chi connectivity index (χ3v) is 4.35. The van der Waals surface area contributed by atoms with Crippen LogP contribution in [0.5, 0.6) is 5.75 Å². The van der Waals surface area contributed by atoms with E-state index in [0.717, 1.165) is 11.1 Å². The van der Waals surface area contributed by atoms with Gasteiger partial charge in [0.2, 0.25) is 16.9 Å². The maximum atomic E-state index is 12.9. The SMILES string of the molecule is Cc1cc(C)cc(NC(=O)COc2c(-c3ccco3)oc3ccccc3c2=O)c1. The molecule has 0 aliphatic rings. The van der Waals surface area contributed by atoms with E-state index in [1.165, 1.54) is 6.26 Å². The molecule has 4 rings (SSSR count). The summed E-state index contributed by atoms with van der Waals surface area (Å²) in [7, 11) is 0. The van der Waals surface area contributed by atoms with Gasteiger partial charge >= 0.3 is 0 Å². The molecule has 0 aliphatic heterocycles. The third-order valence-electron chi connectivity index (χ3n) is 4.35. The summed E-state index contributed by atoms with van der Waals surface area (Å²) in [5.74, 6) is 0.0534. The number of rotatable bonds is 5. The zero-order valence-electron chi connectivity index (χ0n) is 16.0. The van der Waals surface area contributed by atoms with Crippen molar-refractivity contribution in [2.75, 3.05) is 11.9 Å². The van der Waals surface area contributed by atoms with Gasteiger partial charge in [-0.1, -0.05) is 18.2 Å². The van der Waals surface area contributed by atoms with Gasteiger partial charge in [-0.3, -0.25) is 9.59 Å². The smallest absolute Gasteiger partial charge is 0.262 e. The van der Waals surface area contributed by atoms with Gasteiger partial charge in [0.25, 0.3) is 5.91 Å². The van der Waals surface area contributed by atoms with Gasteiger partial charge < -0.3 is 18.9 Å². The summed E-state index contributed by atoms with van der Waals surface area (Å²) in [4.78, 5) is 25.3. The number of hydrogen-bond donors (Lipinski definition) is 1. The molecule has 29 heavy (non-hydrogen) atoms. The molecule has 2 heterocycles. The Bertz CT molecular complexity index is 1220. The molecular formula is C23H19NO5. The highest BCUT2D eigenvalue weighted by molar-refractivity contribution is 5.92. The number of ether oxygens (including phenoxy) is 1. The summed E-state index contributed by atoms with van der Waals surface area (Å²) in [6.45, 7) is 3.56. The number of para-hydroxylation sites is 1. The zero-order valence-corrected chi connectivity index (χ0v) is 16.0. The number of carbonyl (C=O) groups is 1. The highest BCUT2D eigenvalue weighted by Crippen LogP contribution is 2.31. The molecule has 0 fully saturated rings. The highest BCUT2D eigenvalue weighted by Gasteiger charge is 2.20. The molecule has 6 nitrogen and oxygen atoms in total. The summed E-state index contributed by atoms with van der Waals surface area (Å²) in [5, 5.41) is 3.15. The number of benzene rings is 2. The fourth-order valence-electron chi connectivity index (χ4n) is 3.21. The van der Waals surface area contributed by atoms with Crippen LogP contribution in [0.2, 0.25) is 0 Å². The summed E-state index contributed by atoms with van der Waals surface area (Å²) in [6.07, 6.45) is 1.47. The van der Waals surface area contributed by atoms with Crippen LogP contribution in [0, 0.1) is 13.8 Å². The van der Waals surface area contributed by atoms with Crippen LogP contribution >= 0.6 is 0 Å². The Morgan fingerprint density at radius 3 is 2.52 bits per heavy atom. The number of aryl methyl sites for hydroxylation is 2. The van der Waals surface area contributed by atoms with Crippen molar-refractivity contribution in [3.8, 4) is 17.3 Å². The van der Waals surface area contributed by atoms with E-state index in [9.17, 15) is 9.59 Å². The van der Waals surface area contributed by atoms with E-state index in [4.69, 9.17) is 13.6 Å². The van der Waals surface area contributed by atoms with Crippen molar-refractivity contribution in [3.63, 3.8) is 0 Å². The molecular weight excluding hydrogens is 370 g/mol. The first-order valence-electron chi connectivity index (χ1n) is 9.12. The van der Waals surface area contributed by atoms with Crippen molar-refractivity contribution in [2.45, 2.75) is 13.8 Å². The van der Waals surface area contributed by atoms with Crippen LogP contribution in [0.1, 0.15) is 11.1 Å². The number of hydrogen-bond acceptors (Lipinski definition) is 5. The average molecular weight is 389 g/mol. The molecule has 0 bridgehead atoms. The number of nitrogens with one attached hydrogen (secondary N) is 1. The van der Waals surface area contributed by atoms with E-state index < -0.39 is 0 Å². The van der Waals surface area contributed by atoms with Crippen LogP contribution in [-0.4, -0.2) is 12.5 Å². The quantitative estimate of drug-likeness (QED) is 0.536. The molecule has 1 N–H and O–H groups in total. The van der Waals surface area contributed by atoms with Crippen molar-refractivity contribution < 1.29 is 18.4 Å². The second-order valence-corrected chi connectivity index (χ2v) is 6.78. The minimum atomic E-state index is -0.382.